The number of carbonyl (C=O) groups is 1. The van der Waals surface area contributed by atoms with Gasteiger partial charge in [-0.25, -0.2) is 4.79 Å². The molecule has 0 saturated carbocycles. The van der Waals surface area contributed by atoms with E-state index >= 15 is 0 Å². The summed E-state index contributed by atoms with van der Waals surface area (Å²) in [6.07, 6.45) is 1.68. The van der Waals surface area contributed by atoms with Gasteiger partial charge in [0.05, 0.1) is 11.6 Å². The zero-order valence-electron chi connectivity index (χ0n) is 7.95. The van der Waals surface area contributed by atoms with E-state index in [2.05, 4.69) is 15.2 Å². The van der Waals surface area contributed by atoms with E-state index in [1.165, 1.54) is 0 Å². The Balaban J connectivity index is 2.52. The second-order valence-corrected chi connectivity index (χ2v) is 3.20. The number of H-pyrrole nitrogens is 1. The average Bonchev–Trinajstić information content (AvgIpc) is 2.67. The number of fused-ring (bicyclic) bond motifs is 1. The van der Waals surface area contributed by atoms with Crippen LogP contribution < -0.4 is 0 Å². The van der Waals surface area contributed by atoms with Crippen LogP contribution in [0.4, 0.5) is 0 Å². The van der Waals surface area contributed by atoms with Crippen molar-refractivity contribution in [3.8, 4) is 0 Å². The van der Waals surface area contributed by atoms with Crippen LogP contribution in [-0.2, 0) is 4.74 Å². The molecule has 2 aromatic rings. The minimum atomic E-state index is -0.557. The Kier molecular flexibility index (Phi) is 2.55. The fraction of sp³-hybridized carbons (Fsp3) is 0.222. The summed E-state index contributed by atoms with van der Waals surface area (Å²) in [6.45, 7) is 2.00. The van der Waals surface area contributed by atoms with Crippen LogP contribution in [0.3, 0.4) is 0 Å². The highest BCUT2D eigenvalue weighted by molar-refractivity contribution is 6.37. The highest BCUT2D eigenvalue weighted by Gasteiger charge is 2.17. The van der Waals surface area contributed by atoms with E-state index in [4.69, 9.17) is 16.3 Å². The van der Waals surface area contributed by atoms with Crippen molar-refractivity contribution in [1.29, 1.82) is 0 Å². The van der Waals surface area contributed by atoms with Gasteiger partial charge in [0.25, 0.3) is 0 Å². The van der Waals surface area contributed by atoms with Gasteiger partial charge in [-0.15, -0.1) is 10.2 Å². The van der Waals surface area contributed by atoms with Gasteiger partial charge >= 0.3 is 5.97 Å². The van der Waals surface area contributed by atoms with E-state index < -0.39 is 5.97 Å². The Labute approximate surface area is 90.4 Å². The molecule has 1 N–H and O–H groups in total. The topological polar surface area (TPSA) is 67.9 Å². The van der Waals surface area contributed by atoms with Crippen LogP contribution in [0.15, 0.2) is 12.3 Å². The van der Waals surface area contributed by atoms with Crippen molar-refractivity contribution < 1.29 is 9.53 Å². The molecule has 0 saturated heterocycles. The summed E-state index contributed by atoms with van der Waals surface area (Å²) in [5.41, 5.74) is 0.596. The Morgan fingerprint density at radius 2 is 2.40 bits per heavy atom. The molecule has 0 fully saturated rings. The van der Waals surface area contributed by atoms with E-state index in [1.807, 2.05) is 0 Å². The zero-order valence-corrected chi connectivity index (χ0v) is 8.71. The SMILES string of the molecule is CCOC(=O)c1nnc2[nH]ccc2c1Cl. The van der Waals surface area contributed by atoms with Gasteiger partial charge in [0.1, 0.15) is 0 Å². The van der Waals surface area contributed by atoms with Crippen molar-refractivity contribution in [2.24, 2.45) is 0 Å². The molecule has 2 rings (SSSR count). The summed E-state index contributed by atoms with van der Waals surface area (Å²) in [5, 5.41) is 8.45. The van der Waals surface area contributed by atoms with Crippen molar-refractivity contribution >= 4 is 28.6 Å². The predicted molar refractivity (Wildman–Crippen MR) is 54.9 cm³/mol. The molecule has 0 aliphatic carbocycles. The second-order valence-electron chi connectivity index (χ2n) is 2.82. The first-order valence-corrected chi connectivity index (χ1v) is 4.78. The van der Waals surface area contributed by atoms with Crippen LogP contribution in [0.25, 0.3) is 11.0 Å². The number of halogens is 1. The molecular weight excluding hydrogens is 218 g/mol. The number of rotatable bonds is 2. The van der Waals surface area contributed by atoms with Crippen LogP contribution in [0.5, 0.6) is 0 Å². The molecule has 0 aliphatic heterocycles. The van der Waals surface area contributed by atoms with Crippen molar-refractivity contribution in [1.82, 2.24) is 15.2 Å². The number of esters is 1. The van der Waals surface area contributed by atoms with Crippen molar-refractivity contribution in [2.75, 3.05) is 6.61 Å². The molecule has 0 radical (unpaired) electrons. The highest BCUT2D eigenvalue weighted by atomic mass is 35.5. The fourth-order valence-corrected chi connectivity index (χ4v) is 1.49. The molecule has 5 nitrogen and oxygen atoms in total. The maximum absolute atomic E-state index is 11.4. The third-order valence-corrected chi connectivity index (χ3v) is 2.27. The zero-order chi connectivity index (χ0) is 10.8. The Morgan fingerprint density at radius 1 is 1.60 bits per heavy atom. The summed E-state index contributed by atoms with van der Waals surface area (Å²) >= 11 is 5.99. The molecule has 2 heterocycles. The molecule has 78 valence electrons. The summed E-state index contributed by atoms with van der Waals surface area (Å²) in [7, 11) is 0. The lowest BCUT2D eigenvalue weighted by Gasteiger charge is -2.02. The number of ether oxygens (including phenoxy) is 1. The number of nitrogens with zero attached hydrogens (tertiary/aromatic N) is 2. The molecule has 0 bridgehead atoms. The van der Waals surface area contributed by atoms with Crippen molar-refractivity contribution in [2.45, 2.75) is 6.92 Å². The summed E-state index contributed by atoms with van der Waals surface area (Å²) < 4.78 is 4.80. The number of aromatic nitrogens is 3. The first kappa shape index (κ1) is 9.92. The minimum Gasteiger partial charge on any atom is -0.461 e. The third-order valence-electron chi connectivity index (χ3n) is 1.89. The largest absolute Gasteiger partial charge is 0.461 e. The lowest BCUT2D eigenvalue weighted by molar-refractivity contribution is 0.0518. The van der Waals surface area contributed by atoms with Gasteiger partial charge in [-0.3, -0.25) is 0 Å². The normalized spacial score (nSPS) is 10.5. The first-order chi connectivity index (χ1) is 7.24. The van der Waals surface area contributed by atoms with Crippen molar-refractivity contribution in [3.05, 3.63) is 23.0 Å². The van der Waals surface area contributed by atoms with E-state index in [9.17, 15) is 4.79 Å². The lowest BCUT2D eigenvalue weighted by atomic mass is 10.3. The third kappa shape index (κ3) is 1.66. The average molecular weight is 226 g/mol. The number of aromatic amines is 1. The summed E-state index contributed by atoms with van der Waals surface area (Å²) in [6, 6.07) is 1.73. The number of hydrogen-bond acceptors (Lipinski definition) is 4. The molecule has 6 heteroatoms. The summed E-state index contributed by atoms with van der Waals surface area (Å²) in [4.78, 5) is 14.3. The minimum absolute atomic E-state index is 0.0469. The molecule has 2 aromatic heterocycles. The van der Waals surface area contributed by atoms with Crippen LogP contribution >= 0.6 is 11.6 Å². The van der Waals surface area contributed by atoms with Gasteiger partial charge in [-0.2, -0.15) is 0 Å². The van der Waals surface area contributed by atoms with Gasteiger partial charge in [0.15, 0.2) is 11.3 Å². The maximum Gasteiger partial charge on any atom is 0.360 e. The molecule has 0 spiro atoms. The predicted octanol–water partition coefficient (Wildman–Crippen LogP) is 1.79. The Morgan fingerprint density at radius 3 is 3.13 bits per heavy atom. The van der Waals surface area contributed by atoms with E-state index in [0.717, 1.165) is 0 Å². The molecular formula is C9H8ClN3O2. The van der Waals surface area contributed by atoms with E-state index in [0.29, 0.717) is 11.0 Å². The first-order valence-electron chi connectivity index (χ1n) is 4.40. The quantitative estimate of drug-likeness (QED) is 0.792. The number of carbonyl (C=O) groups excluding carboxylic acids is 1. The van der Waals surface area contributed by atoms with Crippen LogP contribution in [0.2, 0.25) is 5.02 Å². The Bertz CT molecular complexity index is 509. The summed E-state index contributed by atoms with van der Waals surface area (Å²) in [5.74, 6) is -0.557. The van der Waals surface area contributed by atoms with Crippen LogP contribution in [-0.4, -0.2) is 27.8 Å². The van der Waals surface area contributed by atoms with Gasteiger partial charge in [0.2, 0.25) is 0 Å². The van der Waals surface area contributed by atoms with Crippen molar-refractivity contribution in [3.63, 3.8) is 0 Å². The number of nitrogens with one attached hydrogen (secondary N) is 1. The standard InChI is InChI=1S/C9H8ClN3O2/c1-2-15-9(14)7-6(10)5-3-4-11-8(5)13-12-7/h3-4H,2H2,1H3,(H,11,13). The molecule has 0 amide bonds. The molecule has 0 aromatic carbocycles. The van der Waals surface area contributed by atoms with Gasteiger partial charge < -0.3 is 9.72 Å². The van der Waals surface area contributed by atoms with E-state index in [1.54, 1.807) is 19.2 Å². The smallest absolute Gasteiger partial charge is 0.360 e. The maximum atomic E-state index is 11.4. The molecule has 0 atom stereocenters. The fourth-order valence-electron chi connectivity index (χ4n) is 1.22. The highest BCUT2D eigenvalue weighted by Crippen LogP contribution is 2.23. The lowest BCUT2D eigenvalue weighted by Crippen LogP contribution is -2.09. The second kappa shape index (κ2) is 3.86. The molecule has 0 unspecified atom stereocenters. The molecule has 15 heavy (non-hydrogen) atoms. The van der Waals surface area contributed by atoms with Crippen LogP contribution in [0, 0.1) is 0 Å². The van der Waals surface area contributed by atoms with Crippen LogP contribution in [0.1, 0.15) is 17.4 Å². The van der Waals surface area contributed by atoms with Gasteiger partial charge in [-0.05, 0) is 13.0 Å². The van der Waals surface area contributed by atoms with Gasteiger partial charge in [-0.1, -0.05) is 11.6 Å². The van der Waals surface area contributed by atoms with Gasteiger partial charge in [0, 0.05) is 11.6 Å². The monoisotopic (exact) mass is 225 g/mol. The number of hydrogen-bond donors (Lipinski definition) is 1. The molecule has 0 aliphatic rings. The van der Waals surface area contributed by atoms with E-state index in [-0.39, 0.29) is 17.3 Å². The Hall–Kier alpha value is -1.62.